The molecule has 0 aliphatic heterocycles. The number of nitro groups is 1. The van der Waals surface area contributed by atoms with E-state index in [1.165, 1.54) is 0 Å². The van der Waals surface area contributed by atoms with E-state index in [0.29, 0.717) is 27.1 Å². The van der Waals surface area contributed by atoms with Crippen molar-refractivity contribution in [2.45, 2.75) is 0 Å². The monoisotopic (exact) mass is 356 g/mol. The second-order valence-corrected chi connectivity index (χ2v) is 5.24. The topological polar surface area (TPSA) is 81.8 Å². The minimum Gasteiger partial charge on any atom is -0.358 e. The van der Waals surface area contributed by atoms with Crippen molar-refractivity contribution >= 4 is 21.7 Å². The Morgan fingerprint density at radius 1 is 1.05 bits per heavy atom. The average Bonchev–Trinajstić information content (AvgIpc) is 2.55. The molecule has 108 valence electrons. The van der Waals surface area contributed by atoms with Crippen LogP contribution >= 0.6 is 15.9 Å². The van der Waals surface area contributed by atoms with E-state index in [-0.39, 0.29) is 5.82 Å². The number of hydrogen-bond acceptors (Lipinski definition) is 5. The van der Waals surface area contributed by atoms with Gasteiger partial charge in [-0.2, -0.15) is 0 Å². The highest BCUT2D eigenvalue weighted by Crippen LogP contribution is 2.37. The molecule has 0 saturated heterocycles. The normalized spacial score (nSPS) is 10.4. The van der Waals surface area contributed by atoms with E-state index in [4.69, 9.17) is 0 Å². The Labute approximate surface area is 134 Å². The predicted molar refractivity (Wildman–Crippen MR) is 85.1 cm³/mol. The minimum absolute atomic E-state index is 0.233. The maximum Gasteiger partial charge on any atom is 0.373 e. The van der Waals surface area contributed by atoms with Crippen molar-refractivity contribution in [2.75, 3.05) is 0 Å². The van der Waals surface area contributed by atoms with Gasteiger partial charge < -0.3 is 10.1 Å². The third kappa shape index (κ3) is 2.71. The van der Waals surface area contributed by atoms with Gasteiger partial charge in [-0.25, -0.2) is 9.97 Å². The van der Waals surface area contributed by atoms with E-state index >= 15 is 0 Å². The van der Waals surface area contributed by atoms with Crippen LogP contribution in [0.1, 0.15) is 0 Å². The van der Waals surface area contributed by atoms with Crippen LogP contribution in [0.3, 0.4) is 0 Å². The van der Waals surface area contributed by atoms with Crippen LogP contribution in [0, 0.1) is 10.1 Å². The van der Waals surface area contributed by atoms with Crippen LogP contribution in [0.25, 0.3) is 22.6 Å². The molecule has 6 nitrogen and oxygen atoms in total. The summed E-state index contributed by atoms with van der Waals surface area (Å²) in [5.41, 5.74) is 1.50. The van der Waals surface area contributed by atoms with Crippen molar-refractivity contribution in [1.29, 1.82) is 0 Å². The Morgan fingerprint density at radius 3 is 2.36 bits per heavy atom. The Morgan fingerprint density at radius 2 is 1.73 bits per heavy atom. The molecule has 0 saturated carbocycles. The zero-order valence-corrected chi connectivity index (χ0v) is 12.8. The number of rotatable bonds is 3. The lowest BCUT2D eigenvalue weighted by Gasteiger charge is -2.06. The van der Waals surface area contributed by atoms with Gasteiger partial charge in [-0.1, -0.05) is 30.3 Å². The third-order valence-electron chi connectivity index (χ3n) is 2.98. The van der Waals surface area contributed by atoms with Crippen LogP contribution in [-0.4, -0.2) is 19.9 Å². The first kappa shape index (κ1) is 14.3. The molecular weight excluding hydrogens is 348 g/mol. The number of aromatic nitrogens is 3. The van der Waals surface area contributed by atoms with Crippen LogP contribution in [0.2, 0.25) is 0 Å². The lowest BCUT2D eigenvalue weighted by molar-refractivity contribution is -0.388. The van der Waals surface area contributed by atoms with Crippen LogP contribution in [0.5, 0.6) is 0 Å². The molecule has 0 spiro atoms. The van der Waals surface area contributed by atoms with Crippen molar-refractivity contribution in [3.63, 3.8) is 0 Å². The minimum atomic E-state index is -0.500. The molecule has 0 radical (unpaired) electrons. The fourth-order valence-electron chi connectivity index (χ4n) is 2.05. The second-order valence-electron chi connectivity index (χ2n) is 4.38. The van der Waals surface area contributed by atoms with Crippen LogP contribution < -0.4 is 0 Å². The molecule has 0 fully saturated rings. The molecule has 3 aromatic rings. The summed E-state index contributed by atoms with van der Waals surface area (Å²) in [4.78, 5) is 23.2. The summed E-state index contributed by atoms with van der Waals surface area (Å²) in [6.45, 7) is 0. The van der Waals surface area contributed by atoms with Crippen LogP contribution in [0.4, 0.5) is 5.82 Å². The van der Waals surface area contributed by atoms with E-state index in [2.05, 4.69) is 30.9 Å². The number of halogens is 1. The van der Waals surface area contributed by atoms with Gasteiger partial charge in [0.25, 0.3) is 0 Å². The highest BCUT2D eigenvalue weighted by Gasteiger charge is 2.24. The fraction of sp³-hybridized carbons (Fsp3) is 0. The van der Waals surface area contributed by atoms with Gasteiger partial charge in [0.15, 0.2) is 0 Å². The number of nitrogens with zero attached hydrogens (tertiary/aromatic N) is 4. The molecule has 2 heterocycles. The summed E-state index contributed by atoms with van der Waals surface area (Å²) in [6.07, 6.45) is 3.13. The summed E-state index contributed by atoms with van der Waals surface area (Å²) >= 11 is 3.40. The standard InChI is InChI=1S/C15H9BrN4O2/c16-11-9-12(14-17-7-4-8-18-14)19-15(20(21)22)13(11)10-5-2-1-3-6-10/h1-9H. The number of pyridine rings is 1. The SMILES string of the molecule is O=[N+]([O-])c1nc(-c2ncccn2)cc(Br)c1-c1ccccc1. The molecule has 7 heteroatoms. The molecule has 0 bridgehead atoms. The molecule has 0 amide bonds. The predicted octanol–water partition coefficient (Wildman–Crippen LogP) is 3.88. The Balaban J connectivity index is 2.23. The van der Waals surface area contributed by atoms with Gasteiger partial charge in [0.2, 0.25) is 11.5 Å². The van der Waals surface area contributed by atoms with Gasteiger partial charge in [0.1, 0.15) is 0 Å². The highest BCUT2D eigenvalue weighted by atomic mass is 79.9. The molecule has 0 unspecified atom stereocenters. The van der Waals surface area contributed by atoms with Crippen molar-refractivity contribution in [3.05, 3.63) is 69.4 Å². The second kappa shape index (κ2) is 5.98. The van der Waals surface area contributed by atoms with Crippen LogP contribution in [-0.2, 0) is 0 Å². The molecule has 1 aromatic carbocycles. The molecule has 3 rings (SSSR count). The van der Waals surface area contributed by atoms with Gasteiger partial charge in [0, 0.05) is 22.9 Å². The Hall–Kier alpha value is -2.67. The first-order chi connectivity index (χ1) is 10.7. The summed E-state index contributed by atoms with van der Waals surface area (Å²) in [5, 5.41) is 11.4. The number of hydrogen-bond donors (Lipinski definition) is 0. The maximum absolute atomic E-state index is 11.4. The fourth-order valence-corrected chi connectivity index (χ4v) is 2.67. The summed E-state index contributed by atoms with van der Waals surface area (Å²) < 4.78 is 0.572. The highest BCUT2D eigenvalue weighted by molar-refractivity contribution is 9.10. The van der Waals surface area contributed by atoms with E-state index in [9.17, 15) is 10.1 Å². The summed E-state index contributed by atoms with van der Waals surface area (Å²) in [7, 11) is 0. The smallest absolute Gasteiger partial charge is 0.358 e. The molecule has 0 aliphatic rings. The van der Waals surface area contributed by atoms with Gasteiger partial charge >= 0.3 is 5.82 Å². The van der Waals surface area contributed by atoms with Crippen molar-refractivity contribution in [1.82, 2.24) is 15.0 Å². The van der Waals surface area contributed by atoms with Gasteiger partial charge in [0.05, 0.1) is 5.56 Å². The molecule has 0 N–H and O–H groups in total. The first-order valence-corrected chi connectivity index (χ1v) is 7.14. The third-order valence-corrected chi connectivity index (χ3v) is 3.61. The maximum atomic E-state index is 11.4. The van der Waals surface area contributed by atoms with Gasteiger partial charge in [-0.3, -0.25) is 0 Å². The molecule has 22 heavy (non-hydrogen) atoms. The average molecular weight is 357 g/mol. The quantitative estimate of drug-likeness (QED) is 0.525. The first-order valence-electron chi connectivity index (χ1n) is 6.34. The van der Waals surface area contributed by atoms with Crippen molar-refractivity contribution < 1.29 is 4.92 Å². The zero-order chi connectivity index (χ0) is 15.5. The lowest BCUT2D eigenvalue weighted by Crippen LogP contribution is -2.00. The van der Waals surface area contributed by atoms with Crippen molar-refractivity contribution in [3.8, 4) is 22.6 Å². The molecular formula is C15H9BrN4O2. The Kier molecular flexibility index (Phi) is 3.88. The summed E-state index contributed by atoms with van der Waals surface area (Å²) in [5.74, 6) is 0.105. The van der Waals surface area contributed by atoms with E-state index < -0.39 is 4.92 Å². The van der Waals surface area contributed by atoms with Gasteiger partial charge in [-0.05, 0) is 37.5 Å². The Bertz CT molecular complexity index is 826. The molecule has 0 aliphatic carbocycles. The largest absolute Gasteiger partial charge is 0.373 e. The lowest BCUT2D eigenvalue weighted by atomic mass is 10.1. The zero-order valence-electron chi connectivity index (χ0n) is 11.2. The van der Waals surface area contributed by atoms with Crippen LogP contribution in [0.15, 0.2) is 59.3 Å². The van der Waals surface area contributed by atoms with E-state index in [1.54, 1.807) is 36.7 Å². The molecule has 0 atom stereocenters. The molecule has 2 aromatic heterocycles. The van der Waals surface area contributed by atoms with E-state index in [1.807, 2.05) is 18.2 Å². The summed E-state index contributed by atoms with van der Waals surface area (Å²) in [6, 6.07) is 12.4. The van der Waals surface area contributed by atoms with E-state index in [0.717, 1.165) is 0 Å². The number of benzene rings is 1. The van der Waals surface area contributed by atoms with Crippen molar-refractivity contribution in [2.24, 2.45) is 0 Å². The van der Waals surface area contributed by atoms with Gasteiger partial charge in [-0.15, -0.1) is 0 Å².